The minimum absolute atomic E-state index is 0.617. The number of aromatic nitrogens is 4. The van der Waals surface area contributed by atoms with Gasteiger partial charge in [-0.2, -0.15) is 0 Å². The van der Waals surface area contributed by atoms with Crippen molar-refractivity contribution in [3.8, 4) is 73.2 Å². The van der Waals surface area contributed by atoms with Crippen LogP contribution >= 0.6 is 0 Å². The SMILES string of the molecule is c1ccc(-c2ccc(-c3nc(-c4ccccc4)nc(-c4cccc5c4-c4cc(-c6cccc7c6oc6ccccc67)ccc4C54c5ccccc5-n5c6ccccc6c6cccc4c65)n3)cc2)cc1. The largest absolute Gasteiger partial charge is 0.455 e. The van der Waals surface area contributed by atoms with Gasteiger partial charge in [0, 0.05) is 43.8 Å². The molecule has 15 rings (SSSR count). The van der Waals surface area contributed by atoms with Crippen LogP contribution in [0.15, 0.2) is 235 Å². The first-order chi connectivity index (χ1) is 34.2. The summed E-state index contributed by atoms with van der Waals surface area (Å²) in [4.78, 5) is 16.0. The molecule has 13 aromatic rings. The second-order valence-electron chi connectivity index (χ2n) is 18.2. The maximum absolute atomic E-state index is 6.70. The number of hydrogen-bond donors (Lipinski definition) is 0. The predicted octanol–water partition coefficient (Wildman–Crippen LogP) is 15.9. The number of fused-ring (bicyclic) bond motifs is 15. The van der Waals surface area contributed by atoms with Crippen LogP contribution < -0.4 is 0 Å². The third-order valence-electron chi connectivity index (χ3n) is 14.7. The summed E-state index contributed by atoms with van der Waals surface area (Å²) in [6.07, 6.45) is 0. The Balaban J connectivity index is 1.03. The molecular weight excluding hydrogens is 841 g/mol. The Morgan fingerprint density at radius 1 is 0.348 bits per heavy atom. The molecule has 3 aromatic heterocycles. The highest BCUT2D eigenvalue weighted by Crippen LogP contribution is 2.63. The zero-order chi connectivity index (χ0) is 45.2. The molecule has 0 saturated carbocycles. The lowest BCUT2D eigenvalue weighted by Gasteiger charge is -2.39. The van der Waals surface area contributed by atoms with Gasteiger partial charge in [-0.05, 0) is 74.3 Å². The first-order valence-corrected chi connectivity index (χ1v) is 23.5. The van der Waals surface area contributed by atoms with Crippen LogP contribution in [-0.2, 0) is 5.41 Å². The fraction of sp³-hybridized carbons (Fsp3) is 0.0156. The zero-order valence-electron chi connectivity index (χ0n) is 37.1. The molecule has 2 aliphatic rings. The normalized spacial score (nSPS) is 14.4. The van der Waals surface area contributed by atoms with Gasteiger partial charge in [0.1, 0.15) is 11.2 Å². The molecule has 5 nitrogen and oxygen atoms in total. The molecule has 1 atom stereocenters. The zero-order valence-corrected chi connectivity index (χ0v) is 37.1. The van der Waals surface area contributed by atoms with Gasteiger partial charge in [-0.1, -0.05) is 206 Å². The van der Waals surface area contributed by atoms with Crippen LogP contribution in [0.5, 0.6) is 0 Å². The van der Waals surface area contributed by atoms with Crippen LogP contribution in [-0.4, -0.2) is 19.5 Å². The fourth-order valence-electron chi connectivity index (χ4n) is 11.8. The molecule has 1 unspecified atom stereocenters. The van der Waals surface area contributed by atoms with Crippen molar-refractivity contribution in [3.63, 3.8) is 0 Å². The van der Waals surface area contributed by atoms with Crippen molar-refractivity contribution in [2.75, 3.05) is 0 Å². The molecule has 4 heterocycles. The van der Waals surface area contributed by atoms with Gasteiger partial charge in [0.25, 0.3) is 0 Å². The molecule has 1 spiro atoms. The Labute approximate surface area is 397 Å². The molecule has 320 valence electrons. The van der Waals surface area contributed by atoms with Gasteiger partial charge in [0.2, 0.25) is 0 Å². The quantitative estimate of drug-likeness (QED) is 0.173. The molecular formula is C64H38N4O. The molecule has 1 aliphatic carbocycles. The van der Waals surface area contributed by atoms with Crippen molar-refractivity contribution in [3.05, 3.63) is 253 Å². The minimum atomic E-state index is -0.684. The number of rotatable bonds is 5. The summed E-state index contributed by atoms with van der Waals surface area (Å²) in [6, 6.07) is 82.6. The molecule has 0 radical (unpaired) electrons. The van der Waals surface area contributed by atoms with E-state index in [4.69, 9.17) is 19.4 Å². The van der Waals surface area contributed by atoms with Crippen LogP contribution in [0.25, 0.3) is 117 Å². The molecule has 0 N–H and O–H groups in total. The van der Waals surface area contributed by atoms with Gasteiger partial charge in [-0.3, -0.25) is 0 Å². The fourth-order valence-corrected chi connectivity index (χ4v) is 11.8. The third-order valence-corrected chi connectivity index (χ3v) is 14.7. The maximum atomic E-state index is 6.70. The molecule has 0 saturated heterocycles. The smallest absolute Gasteiger partial charge is 0.164 e. The van der Waals surface area contributed by atoms with Gasteiger partial charge in [0.05, 0.1) is 22.1 Å². The van der Waals surface area contributed by atoms with E-state index in [9.17, 15) is 0 Å². The van der Waals surface area contributed by atoms with Crippen molar-refractivity contribution in [1.29, 1.82) is 0 Å². The summed E-state index contributed by atoms with van der Waals surface area (Å²) in [7, 11) is 0. The summed E-state index contributed by atoms with van der Waals surface area (Å²) in [5.41, 5.74) is 19.0. The maximum Gasteiger partial charge on any atom is 0.164 e. The molecule has 1 aliphatic heterocycles. The Kier molecular flexibility index (Phi) is 7.93. The molecule has 10 aromatic carbocycles. The second-order valence-corrected chi connectivity index (χ2v) is 18.2. The van der Waals surface area contributed by atoms with Crippen molar-refractivity contribution in [2.45, 2.75) is 5.41 Å². The van der Waals surface area contributed by atoms with Gasteiger partial charge in [-0.25, -0.2) is 15.0 Å². The van der Waals surface area contributed by atoms with E-state index in [0.29, 0.717) is 17.5 Å². The van der Waals surface area contributed by atoms with Crippen LogP contribution in [0.4, 0.5) is 0 Å². The first kappa shape index (κ1) is 38.0. The van der Waals surface area contributed by atoms with E-state index >= 15 is 0 Å². The van der Waals surface area contributed by atoms with Gasteiger partial charge < -0.3 is 8.98 Å². The summed E-state index contributed by atoms with van der Waals surface area (Å²) >= 11 is 0. The Morgan fingerprint density at radius 3 is 1.75 bits per heavy atom. The molecule has 0 fully saturated rings. The van der Waals surface area contributed by atoms with E-state index < -0.39 is 5.41 Å². The summed E-state index contributed by atoms with van der Waals surface area (Å²) in [6.45, 7) is 0. The van der Waals surface area contributed by atoms with Crippen molar-refractivity contribution in [2.24, 2.45) is 0 Å². The molecule has 0 amide bonds. The monoisotopic (exact) mass is 878 g/mol. The standard InChI is InChI=1S/C64H38N4O/c1-3-16-39(17-4-1)40-32-34-42(35-33-40)62-65-61(41-18-5-2-6-19-41)66-63(67-62)49-25-15-27-53-58(49)50-38-43(44-22-13-24-48-46-21-8-12-31-57(46)69-60(44)48)36-37-51(50)64(53)52-26-9-11-30-56(52)68-55-29-10-7-20-45(55)47-23-14-28-54(64)59(47)68/h1-38H. The summed E-state index contributed by atoms with van der Waals surface area (Å²) in [5.74, 6) is 1.86. The number of benzene rings is 10. The Hall–Kier alpha value is -9.19. The topological polar surface area (TPSA) is 56.7 Å². The average molecular weight is 879 g/mol. The van der Waals surface area contributed by atoms with E-state index in [0.717, 1.165) is 72.0 Å². The highest BCUT2D eigenvalue weighted by molar-refractivity contribution is 6.14. The molecule has 5 heteroatoms. The number of para-hydroxylation sites is 5. The Bertz CT molecular complexity index is 4250. The lowest BCUT2D eigenvalue weighted by Crippen LogP contribution is -2.33. The van der Waals surface area contributed by atoms with Crippen LogP contribution in [0.2, 0.25) is 0 Å². The highest BCUT2D eigenvalue weighted by Gasteiger charge is 2.51. The van der Waals surface area contributed by atoms with E-state index in [-0.39, 0.29) is 0 Å². The van der Waals surface area contributed by atoms with E-state index in [1.165, 1.54) is 49.7 Å². The van der Waals surface area contributed by atoms with E-state index in [1.54, 1.807) is 0 Å². The van der Waals surface area contributed by atoms with Gasteiger partial charge in [-0.15, -0.1) is 0 Å². The third kappa shape index (κ3) is 5.32. The number of hydrogen-bond acceptors (Lipinski definition) is 4. The van der Waals surface area contributed by atoms with E-state index in [2.05, 4.69) is 205 Å². The van der Waals surface area contributed by atoms with Crippen LogP contribution in [0.3, 0.4) is 0 Å². The first-order valence-electron chi connectivity index (χ1n) is 23.5. The van der Waals surface area contributed by atoms with Gasteiger partial charge in [0.15, 0.2) is 17.5 Å². The minimum Gasteiger partial charge on any atom is -0.455 e. The van der Waals surface area contributed by atoms with Crippen LogP contribution in [0.1, 0.15) is 22.3 Å². The lowest BCUT2D eigenvalue weighted by molar-refractivity contribution is 0.670. The predicted molar refractivity (Wildman–Crippen MR) is 279 cm³/mol. The number of furan rings is 1. The number of nitrogens with zero attached hydrogens (tertiary/aromatic N) is 4. The van der Waals surface area contributed by atoms with Crippen molar-refractivity contribution in [1.82, 2.24) is 19.5 Å². The van der Waals surface area contributed by atoms with Crippen molar-refractivity contribution >= 4 is 43.7 Å². The molecule has 0 bridgehead atoms. The summed E-state index contributed by atoms with van der Waals surface area (Å²) < 4.78 is 9.19. The Morgan fingerprint density at radius 2 is 0.913 bits per heavy atom. The van der Waals surface area contributed by atoms with Crippen LogP contribution in [0, 0.1) is 0 Å². The second kappa shape index (κ2) is 14.4. The van der Waals surface area contributed by atoms with Gasteiger partial charge >= 0.3 is 0 Å². The highest BCUT2D eigenvalue weighted by atomic mass is 16.3. The lowest BCUT2D eigenvalue weighted by atomic mass is 9.65. The van der Waals surface area contributed by atoms with Crippen molar-refractivity contribution < 1.29 is 4.42 Å². The van der Waals surface area contributed by atoms with E-state index in [1.807, 2.05) is 30.3 Å². The summed E-state index contributed by atoms with van der Waals surface area (Å²) in [5, 5.41) is 4.69. The average Bonchev–Trinajstić information content (AvgIpc) is 4.08. The molecule has 69 heavy (non-hydrogen) atoms.